The van der Waals surface area contributed by atoms with Gasteiger partial charge in [-0.1, -0.05) is 0 Å². The number of hydrogen-bond donors (Lipinski definition) is 2. The molecule has 2 aromatic heterocycles. The van der Waals surface area contributed by atoms with E-state index in [1.165, 1.54) is 6.42 Å². The molecule has 20 heavy (non-hydrogen) atoms. The first-order valence-corrected chi connectivity index (χ1v) is 7.66. The Morgan fingerprint density at radius 1 is 1.45 bits per heavy atom. The molecule has 1 amide bonds. The summed E-state index contributed by atoms with van der Waals surface area (Å²) >= 11 is 3.42. The van der Waals surface area contributed by atoms with Gasteiger partial charge in [-0.15, -0.1) is 0 Å². The van der Waals surface area contributed by atoms with Gasteiger partial charge in [0.05, 0.1) is 11.7 Å². The third kappa shape index (κ3) is 2.03. The zero-order valence-corrected chi connectivity index (χ0v) is 12.4. The molecule has 0 aromatic carbocycles. The summed E-state index contributed by atoms with van der Waals surface area (Å²) < 4.78 is 2.89. The van der Waals surface area contributed by atoms with Crippen LogP contribution in [0.4, 0.5) is 0 Å². The monoisotopic (exact) mass is 334 g/mol. The first-order valence-electron chi connectivity index (χ1n) is 6.86. The van der Waals surface area contributed by atoms with Gasteiger partial charge in [-0.3, -0.25) is 4.79 Å². The van der Waals surface area contributed by atoms with Crippen LogP contribution in [0.15, 0.2) is 29.1 Å². The normalized spacial score (nSPS) is 28.1. The number of carbonyl (C=O) groups excluding carboxylic acids is 1. The lowest BCUT2D eigenvalue weighted by Gasteiger charge is -2.23. The SMILES string of the molecule is O=C(NC1CC2CNC1C2)c1cn2cc(Br)cc2cn1. The van der Waals surface area contributed by atoms with Crippen molar-refractivity contribution in [2.75, 3.05) is 6.54 Å². The second kappa shape index (κ2) is 4.56. The lowest BCUT2D eigenvalue weighted by atomic mass is 10.1. The molecule has 2 bridgehead atoms. The molecule has 1 aliphatic carbocycles. The highest BCUT2D eigenvalue weighted by Crippen LogP contribution is 2.31. The topological polar surface area (TPSA) is 58.4 Å². The molecule has 0 spiro atoms. The Morgan fingerprint density at radius 2 is 2.35 bits per heavy atom. The van der Waals surface area contributed by atoms with Gasteiger partial charge in [0.25, 0.3) is 5.91 Å². The van der Waals surface area contributed by atoms with Gasteiger partial charge in [0.1, 0.15) is 5.69 Å². The van der Waals surface area contributed by atoms with Gasteiger partial charge in [-0.2, -0.15) is 0 Å². The van der Waals surface area contributed by atoms with E-state index in [-0.39, 0.29) is 11.9 Å². The van der Waals surface area contributed by atoms with Crippen molar-refractivity contribution in [3.63, 3.8) is 0 Å². The first-order chi connectivity index (χ1) is 9.69. The van der Waals surface area contributed by atoms with Gasteiger partial charge < -0.3 is 15.0 Å². The van der Waals surface area contributed by atoms with Gasteiger partial charge in [-0.25, -0.2) is 4.98 Å². The molecule has 6 heteroatoms. The minimum atomic E-state index is -0.0870. The number of amides is 1. The lowest BCUT2D eigenvalue weighted by molar-refractivity contribution is 0.0923. The number of nitrogens with zero attached hydrogens (tertiary/aromatic N) is 2. The molecule has 0 radical (unpaired) electrons. The highest BCUT2D eigenvalue weighted by Gasteiger charge is 2.40. The highest BCUT2D eigenvalue weighted by atomic mass is 79.9. The predicted octanol–water partition coefficient (Wildman–Crippen LogP) is 1.58. The molecule has 2 fully saturated rings. The van der Waals surface area contributed by atoms with Crippen molar-refractivity contribution in [2.24, 2.45) is 5.92 Å². The van der Waals surface area contributed by atoms with Crippen LogP contribution in [-0.2, 0) is 0 Å². The zero-order chi connectivity index (χ0) is 13.7. The predicted molar refractivity (Wildman–Crippen MR) is 78.7 cm³/mol. The van der Waals surface area contributed by atoms with Gasteiger partial charge in [0, 0.05) is 29.0 Å². The second-order valence-corrected chi connectivity index (χ2v) is 6.61. The van der Waals surface area contributed by atoms with Crippen molar-refractivity contribution in [3.05, 3.63) is 34.8 Å². The van der Waals surface area contributed by atoms with Crippen LogP contribution in [0.3, 0.4) is 0 Å². The van der Waals surface area contributed by atoms with E-state index in [9.17, 15) is 4.79 Å². The molecular formula is C14H15BrN4O. The molecule has 104 valence electrons. The molecule has 2 N–H and O–H groups in total. The molecule has 3 heterocycles. The standard InChI is InChI=1S/C14H15BrN4O/c15-9-3-10-5-17-13(7-19(10)6-9)14(20)18-12-2-8-1-11(12)16-4-8/h3,5-8,11-12,16H,1-2,4H2,(H,18,20). The lowest BCUT2D eigenvalue weighted by Crippen LogP contribution is -2.48. The summed E-state index contributed by atoms with van der Waals surface area (Å²) in [6, 6.07) is 2.65. The Labute approximate surface area is 124 Å². The summed E-state index contributed by atoms with van der Waals surface area (Å²) in [4.78, 5) is 16.6. The van der Waals surface area contributed by atoms with E-state index in [0.29, 0.717) is 11.7 Å². The number of hydrogen-bond acceptors (Lipinski definition) is 3. The third-order valence-electron chi connectivity index (χ3n) is 4.32. The van der Waals surface area contributed by atoms with Crippen LogP contribution >= 0.6 is 15.9 Å². The molecule has 4 rings (SSSR count). The summed E-state index contributed by atoms with van der Waals surface area (Å²) in [6.45, 7) is 1.10. The van der Waals surface area contributed by atoms with Crippen molar-refractivity contribution in [2.45, 2.75) is 24.9 Å². The average Bonchev–Trinajstić information content (AvgIpc) is 3.10. The van der Waals surface area contributed by atoms with Crippen molar-refractivity contribution < 1.29 is 4.79 Å². The van der Waals surface area contributed by atoms with Crippen LogP contribution in [0.1, 0.15) is 23.3 Å². The van der Waals surface area contributed by atoms with Gasteiger partial charge in [0.2, 0.25) is 0 Å². The quantitative estimate of drug-likeness (QED) is 0.876. The van der Waals surface area contributed by atoms with E-state index >= 15 is 0 Å². The maximum absolute atomic E-state index is 12.3. The van der Waals surface area contributed by atoms with E-state index in [4.69, 9.17) is 0 Å². The molecule has 3 unspecified atom stereocenters. The summed E-state index contributed by atoms with van der Waals surface area (Å²) in [5, 5.41) is 6.56. The average molecular weight is 335 g/mol. The Bertz CT molecular complexity index is 683. The van der Waals surface area contributed by atoms with Crippen molar-refractivity contribution in [1.29, 1.82) is 0 Å². The smallest absolute Gasteiger partial charge is 0.271 e. The number of carbonyl (C=O) groups is 1. The van der Waals surface area contributed by atoms with Crippen molar-refractivity contribution >= 4 is 27.4 Å². The Balaban J connectivity index is 1.54. The highest BCUT2D eigenvalue weighted by molar-refractivity contribution is 9.10. The fourth-order valence-electron chi connectivity index (χ4n) is 3.35. The van der Waals surface area contributed by atoms with E-state index in [2.05, 4.69) is 31.5 Å². The Hall–Kier alpha value is -1.40. The number of aromatic nitrogens is 2. The third-order valence-corrected chi connectivity index (χ3v) is 4.76. The molecular weight excluding hydrogens is 320 g/mol. The fourth-order valence-corrected chi connectivity index (χ4v) is 3.80. The zero-order valence-electron chi connectivity index (χ0n) is 10.8. The summed E-state index contributed by atoms with van der Waals surface area (Å²) in [6.07, 6.45) is 7.68. The summed E-state index contributed by atoms with van der Waals surface area (Å²) in [5.74, 6) is 0.636. The van der Waals surface area contributed by atoms with Crippen LogP contribution in [0.5, 0.6) is 0 Å². The van der Waals surface area contributed by atoms with Crippen LogP contribution in [0.2, 0.25) is 0 Å². The van der Waals surface area contributed by atoms with Crippen LogP contribution in [-0.4, -0.2) is 33.9 Å². The molecule has 1 saturated carbocycles. The van der Waals surface area contributed by atoms with Crippen molar-refractivity contribution in [3.8, 4) is 0 Å². The first kappa shape index (κ1) is 12.3. The Morgan fingerprint density at radius 3 is 3.10 bits per heavy atom. The van der Waals surface area contributed by atoms with Crippen LogP contribution < -0.4 is 10.6 Å². The summed E-state index contributed by atoms with van der Waals surface area (Å²) in [5.41, 5.74) is 1.43. The fraction of sp³-hybridized carbons (Fsp3) is 0.429. The van der Waals surface area contributed by atoms with Crippen molar-refractivity contribution in [1.82, 2.24) is 20.0 Å². The second-order valence-electron chi connectivity index (χ2n) is 5.70. The number of fused-ring (bicyclic) bond motifs is 3. The minimum Gasteiger partial charge on any atom is -0.346 e. The van der Waals surface area contributed by atoms with Gasteiger partial charge in [-0.05, 0) is 47.3 Å². The molecule has 3 atom stereocenters. The van der Waals surface area contributed by atoms with E-state index in [1.807, 2.05) is 16.7 Å². The number of rotatable bonds is 2. The van der Waals surface area contributed by atoms with E-state index < -0.39 is 0 Å². The summed E-state index contributed by atoms with van der Waals surface area (Å²) in [7, 11) is 0. The number of halogens is 1. The molecule has 2 aromatic rings. The van der Waals surface area contributed by atoms with Gasteiger partial charge >= 0.3 is 0 Å². The van der Waals surface area contributed by atoms with Crippen LogP contribution in [0, 0.1) is 5.92 Å². The number of nitrogens with one attached hydrogen (secondary N) is 2. The maximum atomic E-state index is 12.3. The van der Waals surface area contributed by atoms with Gasteiger partial charge in [0.15, 0.2) is 0 Å². The largest absolute Gasteiger partial charge is 0.346 e. The van der Waals surface area contributed by atoms with E-state index in [1.54, 1.807) is 12.4 Å². The number of piperidine rings is 1. The minimum absolute atomic E-state index is 0.0870. The molecule has 1 aliphatic heterocycles. The Kier molecular flexibility index (Phi) is 2.82. The van der Waals surface area contributed by atoms with Crippen LogP contribution in [0.25, 0.3) is 5.52 Å². The molecule has 5 nitrogen and oxygen atoms in total. The maximum Gasteiger partial charge on any atom is 0.271 e. The molecule has 1 saturated heterocycles. The van der Waals surface area contributed by atoms with E-state index in [0.717, 1.165) is 28.9 Å². The molecule has 2 aliphatic rings.